The van der Waals surface area contributed by atoms with Gasteiger partial charge in [0.2, 0.25) is 0 Å². The molecule has 2 unspecified atom stereocenters. The van der Waals surface area contributed by atoms with Crippen LogP contribution in [0.5, 0.6) is 0 Å². The monoisotopic (exact) mass is 344 g/mol. The lowest BCUT2D eigenvalue weighted by molar-refractivity contribution is 0.0817. The topological polar surface area (TPSA) is 55.1 Å². The zero-order valence-corrected chi connectivity index (χ0v) is 13.9. The van der Waals surface area contributed by atoms with Gasteiger partial charge in [0, 0.05) is 6.54 Å². The molecule has 1 aliphatic rings. The maximum atomic E-state index is 12.4. The van der Waals surface area contributed by atoms with Crippen LogP contribution in [0, 0.1) is 12.8 Å². The van der Waals surface area contributed by atoms with Crippen molar-refractivity contribution in [1.29, 1.82) is 0 Å². The Labute approximate surface area is 127 Å². The van der Waals surface area contributed by atoms with Gasteiger partial charge in [-0.15, -0.1) is 11.3 Å². The Balaban J connectivity index is 2.15. The molecule has 1 aromatic heterocycles. The van der Waals surface area contributed by atoms with Crippen LogP contribution in [0.2, 0.25) is 0 Å². The zero-order valence-electron chi connectivity index (χ0n) is 11.5. The molecule has 1 aliphatic carbocycles. The number of aryl methyl sites for hydroxylation is 1. The SMILES string of the molecule is Cc1cc(C(=O)NC2(CN)CCCCC2C)sc1Br. The molecule has 1 heterocycles. The summed E-state index contributed by atoms with van der Waals surface area (Å²) in [7, 11) is 0. The lowest BCUT2D eigenvalue weighted by atomic mass is 9.73. The van der Waals surface area contributed by atoms with E-state index in [0.717, 1.165) is 33.5 Å². The van der Waals surface area contributed by atoms with Crippen LogP contribution in [0.25, 0.3) is 0 Å². The van der Waals surface area contributed by atoms with Crippen molar-refractivity contribution in [2.45, 2.75) is 45.1 Å². The van der Waals surface area contributed by atoms with Gasteiger partial charge in [-0.1, -0.05) is 19.8 Å². The fourth-order valence-electron chi connectivity index (χ4n) is 2.81. The summed E-state index contributed by atoms with van der Waals surface area (Å²) < 4.78 is 1.02. The van der Waals surface area contributed by atoms with Crippen molar-refractivity contribution in [3.8, 4) is 0 Å². The molecule has 1 fully saturated rings. The highest BCUT2D eigenvalue weighted by Gasteiger charge is 2.38. The van der Waals surface area contributed by atoms with Gasteiger partial charge in [0.1, 0.15) is 0 Å². The van der Waals surface area contributed by atoms with Crippen molar-refractivity contribution in [2.75, 3.05) is 6.54 Å². The van der Waals surface area contributed by atoms with E-state index < -0.39 is 0 Å². The second-order valence-electron chi connectivity index (χ2n) is 5.53. The molecule has 1 amide bonds. The second-order valence-corrected chi connectivity index (χ2v) is 7.90. The lowest BCUT2D eigenvalue weighted by Crippen LogP contribution is -2.59. The minimum atomic E-state index is -0.223. The third-order valence-corrected chi connectivity index (χ3v) is 6.40. The van der Waals surface area contributed by atoms with Gasteiger partial charge < -0.3 is 11.1 Å². The van der Waals surface area contributed by atoms with Crippen LogP contribution in [0.3, 0.4) is 0 Å². The Morgan fingerprint density at radius 3 is 2.89 bits per heavy atom. The van der Waals surface area contributed by atoms with Gasteiger partial charge >= 0.3 is 0 Å². The minimum Gasteiger partial charge on any atom is -0.344 e. The smallest absolute Gasteiger partial charge is 0.261 e. The van der Waals surface area contributed by atoms with Gasteiger partial charge in [0.05, 0.1) is 14.2 Å². The van der Waals surface area contributed by atoms with Crippen LogP contribution < -0.4 is 11.1 Å². The average molecular weight is 345 g/mol. The Hall–Kier alpha value is -0.390. The molecule has 5 heteroatoms. The maximum absolute atomic E-state index is 12.4. The first-order valence-electron chi connectivity index (χ1n) is 6.77. The van der Waals surface area contributed by atoms with Gasteiger partial charge in [-0.2, -0.15) is 0 Å². The fraction of sp³-hybridized carbons (Fsp3) is 0.643. The molecule has 19 heavy (non-hydrogen) atoms. The highest BCUT2D eigenvalue weighted by Crippen LogP contribution is 2.34. The Morgan fingerprint density at radius 2 is 2.37 bits per heavy atom. The second kappa shape index (κ2) is 5.94. The summed E-state index contributed by atoms with van der Waals surface area (Å²) in [5.74, 6) is 0.456. The van der Waals surface area contributed by atoms with Crippen LogP contribution in [0.4, 0.5) is 0 Å². The molecule has 3 nitrogen and oxygen atoms in total. The molecule has 0 aromatic carbocycles. The fourth-order valence-corrected chi connectivity index (χ4v) is 4.24. The van der Waals surface area contributed by atoms with E-state index in [4.69, 9.17) is 5.73 Å². The number of hydrogen-bond donors (Lipinski definition) is 2. The summed E-state index contributed by atoms with van der Waals surface area (Å²) in [6, 6.07) is 1.93. The highest BCUT2D eigenvalue weighted by molar-refractivity contribution is 9.11. The summed E-state index contributed by atoms with van der Waals surface area (Å²) in [6.45, 7) is 4.71. The van der Waals surface area contributed by atoms with Crippen molar-refractivity contribution in [3.05, 3.63) is 20.3 Å². The third-order valence-electron chi connectivity index (χ3n) is 4.26. The number of carbonyl (C=O) groups excluding carboxylic acids is 1. The number of thiophene rings is 1. The van der Waals surface area contributed by atoms with Crippen molar-refractivity contribution in [3.63, 3.8) is 0 Å². The molecule has 0 bridgehead atoms. The molecule has 0 saturated heterocycles. The molecular weight excluding hydrogens is 324 g/mol. The van der Waals surface area contributed by atoms with Crippen LogP contribution >= 0.6 is 27.3 Å². The summed E-state index contributed by atoms with van der Waals surface area (Å²) in [6.07, 6.45) is 4.52. The largest absolute Gasteiger partial charge is 0.344 e. The molecule has 2 atom stereocenters. The predicted molar refractivity (Wildman–Crippen MR) is 83.6 cm³/mol. The van der Waals surface area contributed by atoms with Crippen molar-refractivity contribution < 1.29 is 4.79 Å². The van der Waals surface area contributed by atoms with Gasteiger partial charge in [-0.3, -0.25) is 4.79 Å². The molecular formula is C14H21BrN2OS. The number of nitrogens with two attached hydrogens (primary N) is 1. The number of halogens is 1. The highest BCUT2D eigenvalue weighted by atomic mass is 79.9. The van der Waals surface area contributed by atoms with Crippen molar-refractivity contribution in [2.24, 2.45) is 11.7 Å². The van der Waals surface area contributed by atoms with E-state index in [2.05, 4.69) is 28.2 Å². The Morgan fingerprint density at radius 1 is 1.63 bits per heavy atom. The molecule has 0 aliphatic heterocycles. The molecule has 1 saturated carbocycles. The summed E-state index contributed by atoms with van der Waals surface area (Å²) >= 11 is 4.95. The number of amides is 1. The van der Waals surface area contributed by atoms with Gasteiger partial charge in [-0.05, 0) is 53.2 Å². The van der Waals surface area contributed by atoms with Crippen molar-refractivity contribution in [1.82, 2.24) is 5.32 Å². The predicted octanol–water partition coefficient (Wildman–Crippen LogP) is 3.46. The molecule has 3 N–H and O–H groups in total. The molecule has 2 rings (SSSR count). The van der Waals surface area contributed by atoms with E-state index in [9.17, 15) is 4.79 Å². The summed E-state index contributed by atoms with van der Waals surface area (Å²) in [5, 5.41) is 3.21. The van der Waals surface area contributed by atoms with Crippen LogP contribution in [-0.4, -0.2) is 18.0 Å². The van der Waals surface area contributed by atoms with Crippen LogP contribution in [-0.2, 0) is 0 Å². The van der Waals surface area contributed by atoms with E-state index in [0.29, 0.717) is 12.5 Å². The lowest BCUT2D eigenvalue weighted by Gasteiger charge is -2.42. The van der Waals surface area contributed by atoms with Crippen molar-refractivity contribution >= 4 is 33.2 Å². The van der Waals surface area contributed by atoms with Gasteiger partial charge in [0.15, 0.2) is 0 Å². The minimum absolute atomic E-state index is 0.0120. The summed E-state index contributed by atoms with van der Waals surface area (Å²) in [5.41, 5.74) is 6.85. The van der Waals surface area contributed by atoms with E-state index in [-0.39, 0.29) is 11.4 Å². The van der Waals surface area contributed by atoms with Crippen LogP contribution in [0.1, 0.15) is 47.8 Å². The molecule has 1 aromatic rings. The van der Waals surface area contributed by atoms with E-state index in [1.807, 2.05) is 13.0 Å². The van der Waals surface area contributed by atoms with E-state index >= 15 is 0 Å². The number of carbonyl (C=O) groups is 1. The quantitative estimate of drug-likeness (QED) is 0.882. The molecule has 0 radical (unpaired) electrons. The summed E-state index contributed by atoms with van der Waals surface area (Å²) in [4.78, 5) is 13.2. The molecule has 106 valence electrons. The standard InChI is InChI=1S/C14H21BrN2OS/c1-9-7-11(19-12(9)15)13(18)17-14(8-16)6-4-3-5-10(14)2/h7,10H,3-6,8,16H2,1-2H3,(H,17,18). The van der Waals surface area contributed by atoms with E-state index in [1.54, 1.807) is 0 Å². The number of rotatable bonds is 3. The first kappa shape index (κ1) is 15.0. The Kier molecular flexibility index (Phi) is 4.69. The van der Waals surface area contributed by atoms with Crippen LogP contribution in [0.15, 0.2) is 9.85 Å². The number of nitrogens with one attached hydrogen (secondary N) is 1. The van der Waals surface area contributed by atoms with Gasteiger partial charge in [-0.25, -0.2) is 0 Å². The zero-order chi connectivity index (χ0) is 14.0. The normalized spacial score (nSPS) is 27.3. The molecule has 0 spiro atoms. The third kappa shape index (κ3) is 3.03. The van der Waals surface area contributed by atoms with E-state index in [1.165, 1.54) is 17.8 Å². The Bertz CT molecular complexity index is 455. The maximum Gasteiger partial charge on any atom is 0.261 e. The first-order valence-corrected chi connectivity index (χ1v) is 8.38. The van der Waals surface area contributed by atoms with Gasteiger partial charge in [0.25, 0.3) is 5.91 Å². The number of hydrogen-bond acceptors (Lipinski definition) is 3. The average Bonchev–Trinajstić information content (AvgIpc) is 2.73. The first-order chi connectivity index (χ1) is 8.98.